The van der Waals surface area contributed by atoms with Crippen molar-refractivity contribution < 1.29 is 106 Å². The van der Waals surface area contributed by atoms with E-state index in [4.69, 9.17) is 9.47 Å². The molecule has 5 atom stereocenters. The van der Waals surface area contributed by atoms with Crippen LogP contribution in [0, 0.1) is 0 Å². The number of fused-ring (bicyclic) bond motifs is 4. The van der Waals surface area contributed by atoms with E-state index in [9.17, 15) is 86.6 Å². The Morgan fingerprint density at radius 1 is 0.317 bits per heavy atom. The molecule has 0 saturated heterocycles. The van der Waals surface area contributed by atoms with Gasteiger partial charge in [-0.3, -0.25) is 43.2 Å². The number of amides is 16. The molecule has 123 heavy (non-hydrogen) atoms. The van der Waals surface area contributed by atoms with Crippen LogP contribution in [-0.4, -0.2) is 205 Å². The maximum Gasteiger partial charge on any atom is 0.337 e. The van der Waals surface area contributed by atoms with E-state index in [0.29, 0.717) is 36.0 Å². The highest BCUT2D eigenvalue weighted by molar-refractivity contribution is 6.24. The second-order valence-electron chi connectivity index (χ2n) is 28.0. The van der Waals surface area contributed by atoms with Crippen LogP contribution in [0.15, 0.2) is 218 Å². The second-order valence-corrected chi connectivity index (χ2v) is 28.0. The predicted octanol–water partition coefficient (Wildman–Crippen LogP) is 9.54. The molecule has 0 bridgehead atoms. The molecule has 5 unspecified atom stereocenters. The van der Waals surface area contributed by atoms with E-state index in [1.165, 1.54) is 52.3 Å². The van der Waals surface area contributed by atoms with Crippen LogP contribution in [0.25, 0.3) is 0 Å². The number of aliphatic hydroxyl groups excluding tert-OH is 1. The summed E-state index contributed by atoms with van der Waals surface area (Å²) in [6.07, 6.45) is 2.41. The van der Waals surface area contributed by atoms with Gasteiger partial charge in [-0.15, -0.1) is 0 Å². The first-order valence-electron chi connectivity index (χ1n) is 39.0. The molecular formula is C89H92N12O22. The summed E-state index contributed by atoms with van der Waals surface area (Å²) in [5.74, 6) is -8.17. The minimum atomic E-state index is -1.38. The van der Waals surface area contributed by atoms with Crippen molar-refractivity contribution in [3.8, 4) is 0 Å². The number of hydrazine groups is 4. The summed E-state index contributed by atoms with van der Waals surface area (Å²) < 4.78 is 18.9. The third-order valence-corrected chi connectivity index (χ3v) is 19.4. The molecule has 0 aromatic heterocycles. The van der Waals surface area contributed by atoms with E-state index in [-0.39, 0.29) is 82.9 Å². The Balaban J connectivity index is 0.000000186. The number of hydrogen-bond acceptors (Lipinski definition) is 22. The van der Waals surface area contributed by atoms with Crippen LogP contribution >= 0.6 is 0 Å². The van der Waals surface area contributed by atoms with Gasteiger partial charge in [0.1, 0.15) is 23.9 Å². The Morgan fingerprint density at radius 3 is 0.772 bits per heavy atom. The Morgan fingerprint density at radius 2 is 0.545 bits per heavy atom. The van der Waals surface area contributed by atoms with Crippen molar-refractivity contribution >= 4 is 101 Å². The number of urea groups is 4. The third-order valence-electron chi connectivity index (χ3n) is 19.4. The Labute approximate surface area is 707 Å². The Hall–Kier alpha value is -15.1. The van der Waals surface area contributed by atoms with Gasteiger partial charge in [0.05, 0.1) is 105 Å². The lowest BCUT2D eigenvalue weighted by Gasteiger charge is -2.31. The molecule has 4 aliphatic rings. The van der Waals surface area contributed by atoms with E-state index in [0.717, 1.165) is 79.1 Å². The van der Waals surface area contributed by atoms with E-state index < -0.39 is 126 Å². The lowest BCUT2D eigenvalue weighted by molar-refractivity contribution is -0.146. The van der Waals surface area contributed by atoms with Gasteiger partial charge in [0.2, 0.25) is 0 Å². The number of methoxy groups -OCH3 is 4. The van der Waals surface area contributed by atoms with Gasteiger partial charge >= 0.3 is 48.0 Å². The van der Waals surface area contributed by atoms with E-state index >= 15 is 0 Å². The quantitative estimate of drug-likeness (QED) is 0.0126. The standard InChI is InChI=1S/C24H27N3O5.C22H21N3O6.C22H23N3O5.C21H21N3O6/c1-3-4-6-15-20(23(30)32-2)25-24(31)26(16-17-11-7-5-8-12-17)27-21(28)18-13-9-10-14-19(18)22(27)29;1-14(26)12-18(21(29)31-2)23-22(30)24(13-15-8-4-3-5-9-15)25-19(27)16-10-6-7-11-17(16)20(25)28;1-3-9-18(21(28)30-2)23-22(29)24(14-15-10-5-4-6-11-15)25-19(26)16-12-7-8-13-17(16)20(25)27;1-13(25)17(20(28)30-2)22-21(29)23(12-14-8-4-3-5-9-14)24-18(26)15-10-6-7-11-16(15)19(24)27/h5,7-14,20H,3-4,6,15-16H2,1-2H3,(H,25,31);3-11,18H,12-13H2,1-2H3,(H,23,30);4-8,10-13,18H,3,9,14H2,1-2H3,(H,23,29);3-11,13,17,25H,12H2,1-2H3,(H,22,29). The number of aliphatic hydroxyl groups is 1. The number of ether oxygens (including phenoxy) is 4. The summed E-state index contributed by atoms with van der Waals surface area (Å²) in [6.45, 7) is 6.19. The molecule has 8 aromatic rings. The zero-order valence-electron chi connectivity index (χ0n) is 68.5. The topological polar surface area (TPSA) is 421 Å². The molecule has 8 aromatic carbocycles. The minimum Gasteiger partial charge on any atom is -0.467 e. The van der Waals surface area contributed by atoms with Crippen LogP contribution in [0.2, 0.25) is 0 Å². The van der Waals surface area contributed by atoms with Crippen molar-refractivity contribution in [3.63, 3.8) is 0 Å². The molecule has 16 amide bonds. The molecule has 0 saturated carbocycles. The van der Waals surface area contributed by atoms with Gasteiger partial charge in [-0.2, -0.15) is 20.0 Å². The van der Waals surface area contributed by atoms with E-state index in [1.54, 1.807) is 182 Å². The highest BCUT2D eigenvalue weighted by Gasteiger charge is 2.47. The van der Waals surface area contributed by atoms with Gasteiger partial charge in [-0.1, -0.05) is 209 Å². The molecule has 0 fully saturated rings. The zero-order chi connectivity index (χ0) is 89.1. The molecule has 4 aliphatic heterocycles. The minimum absolute atomic E-state index is 0.0268. The van der Waals surface area contributed by atoms with Crippen LogP contribution in [0.5, 0.6) is 0 Å². The maximum absolute atomic E-state index is 13.3. The number of nitrogens with zero attached hydrogens (tertiary/aromatic N) is 8. The summed E-state index contributed by atoms with van der Waals surface area (Å²) in [4.78, 5) is 216. The monoisotopic (exact) mass is 1680 g/mol. The van der Waals surface area contributed by atoms with Crippen molar-refractivity contribution in [1.82, 2.24) is 61.3 Å². The molecule has 640 valence electrons. The molecular weight excluding hydrogens is 1590 g/mol. The van der Waals surface area contributed by atoms with Crippen molar-refractivity contribution in [2.75, 3.05) is 28.4 Å². The van der Waals surface area contributed by atoms with Gasteiger partial charge in [-0.05, 0) is 97.5 Å². The molecule has 34 heteroatoms. The first kappa shape index (κ1) is 91.8. The highest BCUT2D eigenvalue weighted by Crippen LogP contribution is 2.31. The van der Waals surface area contributed by atoms with Crippen molar-refractivity contribution in [2.45, 2.75) is 129 Å². The van der Waals surface area contributed by atoms with Crippen molar-refractivity contribution in [2.24, 2.45) is 0 Å². The fourth-order valence-electron chi connectivity index (χ4n) is 13.2. The number of esters is 4. The van der Waals surface area contributed by atoms with Crippen molar-refractivity contribution in [1.29, 1.82) is 0 Å². The van der Waals surface area contributed by atoms with Gasteiger partial charge in [-0.25, -0.2) is 58.4 Å². The van der Waals surface area contributed by atoms with Gasteiger partial charge in [0, 0.05) is 6.42 Å². The van der Waals surface area contributed by atoms with Crippen LogP contribution < -0.4 is 21.3 Å². The molecule has 0 spiro atoms. The van der Waals surface area contributed by atoms with Crippen LogP contribution in [0.4, 0.5) is 19.2 Å². The van der Waals surface area contributed by atoms with Crippen molar-refractivity contribution in [3.05, 3.63) is 285 Å². The van der Waals surface area contributed by atoms with Crippen LogP contribution in [0.3, 0.4) is 0 Å². The SMILES string of the molecule is CCCC(NC(=O)N(Cc1ccccc1)N1C(=O)c2ccccc2C1=O)C(=O)OC.CCCCCC(NC(=O)N(Cc1ccccc1)N1C(=O)c2ccccc2C1=O)C(=O)OC.COC(=O)C(CC(C)=O)NC(=O)N(Cc1ccccc1)N1C(=O)c2ccccc2C1=O.COC(=O)C(NC(=O)N(Cc1ccccc1)N1C(=O)c2ccccc2C1=O)C(C)O. The number of hydrogen-bond donors (Lipinski definition) is 5. The summed E-state index contributed by atoms with van der Waals surface area (Å²) in [7, 11) is 4.75. The van der Waals surface area contributed by atoms with E-state index in [2.05, 4.69) is 30.7 Å². The molecule has 34 nitrogen and oxygen atoms in total. The number of carbonyl (C=O) groups excluding carboxylic acids is 17. The van der Waals surface area contributed by atoms with Gasteiger partial charge in [0.15, 0.2) is 6.04 Å². The van der Waals surface area contributed by atoms with Crippen LogP contribution in [-0.2, 0) is 69.1 Å². The number of ketones is 1. The Bertz CT molecular complexity index is 5110. The third kappa shape index (κ3) is 22.5. The number of Topliss-reactive ketones (excluding diaryl/α,β-unsaturated/α-hetero) is 1. The lowest BCUT2D eigenvalue weighted by atomic mass is 10.1. The molecule has 0 radical (unpaired) electrons. The summed E-state index contributed by atoms with van der Waals surface area (Å²) in [5, 5.41) is 27.0. The smallest absolute Gasteiger partial charge is 0.337 e. The summed E-state index contributed by atoms with van der Waals surface area (Å²) in [5.41, 5.74) is 4.35. The maximum atomic E-state index is 13.3. The number of benzene rings is 8. The predicted molar refractivity (Wildman–Crippen MR) is 439 cm³/mol. The number of nitrogens with one attached hydrogen (secondary N) is 4. The average Bonchev–Trinajstić information content (AvgIpc) is 1.64. The summed E-state index contributed by atoms with van der Waals surface area (Å²) in [6, 6.07) is 53.1. The second kappa shape index (κ2) is 43.6. The van der Waals surface area contributed by atoms with Crippen LogP contribution in [0.1, 0.15) is 178 Å². The first-order chi connectivity index (χ1) is 59.1. The molecule has 5 N–H and O–H groups in total. The highest BCUT2D eigenvalue weighted by atomic mass is 16.5. The lowest BCUT2D eigenvalue weighted by Crippen LogP contribution is -2.58. The van der Waals surface area contributed by atoms with E-state index in [1.807, 2.05) is 26.0 Å². The number of imide groups is 4. The molecule has 0 aliphatic carbocycles. The first-order valence-corrected chi connectivity index (χ1v) is 39.0. The molecule has 4 heterocycles. The fourth-order valence-corrected chi connectivity index (χ4v) is 13.2. The summed E-state index contributed by atoms with van der Waals surface area (Å²) >= 11 is 0. The zero-order valence-corrected chi connectivity index (χ0v) is 68.5. The largest absolute Gasteiger partial charge is 0.467 e. The molecule has 12 rings (SSSR count). The Kier molecular flexibility index (Phi) is 32.5. The fraction of sp³-hybridized carbons (Fsp3) is 0.270. The number of unbranched alkanes of at least 4 members (excludes halogenated alkanes) is 2. The number of carbonyl (C=O) groups is 17. The van der Waals surface area contributed by atoms with Gasteiger partial charge < -0.3 is 45.3 Å². The van der Waals surface area contributed by atoms with Gasteiger partial charge in [0.25, 0.3) is 47.3 Å². The number of rotatable bonds is 29. The average molecular weight is 1680 g/mol. The normalized spacial score (nSPS) is 13.8.